The summed E-state index contributed by atoms with van der Waals surface area (Å²) in [6, 6.07) is 5.58. The Labute approximate surface area is 160 Å². The summed E-state index contributed by atoms with van der Waals surface area (Å²) in [5, 5.41) is 7.37. The van der Waals surface area contributed by atoms with Crippen LogP contribution in [0.25, 0.3) is 0 Å². The monoisotopic (exact) mass is 385 g/mol. The van der Waals surface area contributed by atoms with Gasteiger partial charge in [-0.15, -0.1) is 24.8 Å². The number of benzene rings is 1. The Morgan fingerprint density at radius 3 is 2.80 bits per heavy atom. The smallest absolute Gasteiger partial charge is 0.251 e. The lowest BCUT2D eigenvalue weighted by Crippen LogP contribution is -2.47. The minimum atomic E-state index is -0.0483. The predicted molar refractivity (Wildman–Crippen MR) is 106 cm³/mol. The van der Waals surface area contributed by atoms with E-state index in [0.717, 1.165) is 37.2 Å². The average Bonchev–Trinajstić information content (AvgIpc) is 2.96. The molecule has 0 aliphatic carbocycles. The molecule has 3 N–H and O–H groups in total. The van der Waals surface area contributed by atoms with Gasteiger partial charge in [0, 0.05) is 43.6 Å². The summed E-state index contributed by atoms with van der Waals surface area (Å²) in [7, 11) is 1.91. The average molecular weight is 386 g/mol. The summed E-state index contributed by atoms with van der Waals surface area (Å²) < 4.78 is 1.80. The minimum absolute atomic E-state index is 0. The lowest BCUT2D eigenvalue weighted by atomic mass is 10.0. The molecule has 1 atom stereocenters. The normalized spacial score (nSPS) is 16.6. The molecule has 0 saturated carbocycles. The Kier molecular flexibility index (Phi) is 7.58. The van der Waals surface area contributed by atoms with Gasteiger partial charge in [0.05, 0.1) is 11.9 Å². The van der Waals surface area contributed by atoms with Crippen LogP contribution in [0.1, 0.15) is 28.8 Å². The fourth-order valence-electron chi connectivity index (χ4n) is 3.05. The summed E-state index contributed by atoms with van der Waals surface area (Å²) in [5.74, 6) is -0.0483. The largest absolute Gasteiger partial charge is 0.399 e. The maximum atomic E-state index is 12.5. The molecule has 6 nitrogen and oxygen atoms in total. The van der Waals surface area contributed by atoms with Crippen molar-refractivity contribution in [3.8, 4) is 0 Å². The van der Waals surface area contributed by atoms with Gasteiger partial charge in [-0.3, -0.25) is 9.48 Å². The van der Waals surface area contributed by atoms with E-state index in [9.17, 15) is 4.79 Å². The van der Waals surface area contributed by atoms with Crippen LogP contribution < -0.4 is 16.0 Å². The van der Waals surface area contributed by atoms with Crippen LogP contribution in [0.2, 0.25) is 0 Å². The number of carbonyl (C=O) groups excluding carboxylic acids is 1. The molecule has 2 heterocycles. The van der Waals surface area contributed by atoms with Crippen molar-refractivity contribution in [2.24, 2.45) is 7.05 Å². The number of nitrogens with one attached hydrogen (secondary N) is 1. The fourth-order valence-corrected chi connectivity index (χ4v) is 3.05. The molecular weight excluding hydrogens is 361 g/mol. The molecule has 1 fully saturated rings. The molecule has 1 unspecified atom stereocenters. The van der Waals surface area contributed by atoms with Gasteiger partial charge in [-0.1, -0.05) is 6.07 Å². The SMILES string of the molecule is Cc1ccc(N)cc1C(=O)NC1CCCN(c2cnn(C)c2)C1.Cl.Cl. The Balaban J connectivity index is 0.00000156. The van der Waals surface area contributed by atoms with E-state index in [1.165, 1.54) is 0 Å². The van der Waals surface area contributed by atoms with Gasteiger partial charge in [-0.05, 0) is 37.5 Å². The number of carbonyl (C=O) groups is 1. The van der Waals surface area contributed by atoms with Crippen LogP contribution in [0.3, 0.4) is 0 Å². The summed E-state index contributed by atoms with van der Waals surface area (Å²) >= 11 is 0. The molecule has 1 aromatic carbocycles. The van der Waals surface area contributed by atoms with Crippen molar-refractivity contribution in [1.82, 2.24) is 15.1 Å². The van der Waals surface area contributed by atoms with Crippen LogP contribution in [0.5, 0.6) is 0 Å². The lowest BCUT2D eigenvalue weighted by Gasteiger charge is -2.33. The highest BCUT2D eigenvalue weighted by Crippen LogP contribution is 2.20. The number of anilines is 2. The molecule has 3 rings (SSSR count). The molecule has 2 aromatic rings. The second-order valence-corrected chi connectivity index (χ2v) is 6.21. The van der Waals surface area contributed by atoms with Crippen molar-refractivity contribution >= 4 is 42.1 Å². The van der Waals surface area contributed by atoms with Crippen molar-refractivity contribution in [2.75, 3.05) is 23.7 Å². The molecule has 25 heavy (non-hydrogen) atoms. The number of piperidine rings is 1. The Bertz CT molecular complexity index is 719. The molecular formula is C17H25Cl2N5O. The number of halogens is 2. The van der Waals surface area contributed by atoms with Gasteiger partial charge < -0.3 is 16.0 Å². The van der Waals surface area contributed by atoms with Crippen molar-refractivity contribution in [3.05, 3.63) is 41.7 Å². The molecule has 0 spiro atoms. The van der Waals surface area contributed by atoms with Crippen molar-refractivity contribution in [3.63, 3.8) is 0 Å². The molecule has 1 aromatic heterocycles. The number of amides is 1. The molecule has 138 valence electrons. The summed E-state index contributed by atoms with van der Waals surface area (Å²) in [4.78, 5) is 14.8. The number of nitrogens with two attached hydrogens (primary N) is 1. The zero-order valence-electron chi connectivity index (χ0n) is 14.4. The number of rotatable bonds is 3. The predicted octanol–water partition coefficient (Wildman–Crippen LogP) is 2.55. The number of aromatic nitrogens is 2. The van der Waals surface area contributed by atoms with Gasteiger partial charge in [0.25, 0.3) is 5.91 Å². The first-order valence-corrected chi connectivity index (χ1v) is 7.93. The zero-order valence-corrected chi connectivity index (χ0v) is 16.1. The van der Waals surface area contributed by atoms with Gasteiger partial charge in [0.2, 0.25) is 0 Å². The van der Waals surface area contributed by atoms with Gasteiger partial charge in [-0.25, -0.2) is 0 Å². The summed E-state index contributed by atoms with van der Waals surface area (Å²) in [5.41, 5.74) is 9.11. The topological polar surface area (TPSA) is 76.2 Å². The van der Waals surface area contributed by atoms with E-state index >= 15 is 0 Å². The van der Waals surface area contributed by atoms with E-state index in [2.05, 4.69) is 15.3 Å². The van der Waals surface area contributed by atoms with Crippen LogP contribution in [-0.2, 0) is 7.05 Å². The van der Waals surface area contributed by atoms with E-state index in [-0.39, 0.29) is 36.8 Å². The van der Waals surface area contributed by atoms with Gasteiger partial charge in [0.15, 0.2) is 0 Å². The fraction of sp³-hybridized carbons (Fsp3) is 0.412. The third-order valence-electron chi connectivity index (χ3n) is 4.32. The second-order valence-electron chi connectivity index (χ2n) is 6.21. The van der Waals surface area contributed by atoms with Crippen LogP contribution in [0.4, 0.5) is 11.4 Å². The van der Waals surface area contributed by atoms with Gasteiger partial charge in [0.1, 0.15) is 0 Å². The highest BCUT2D eigenvalue weighted by molar-refractivity contribution is 5.96. The number of nitrogens with zero attached hydrogens (tertiary/aromatic N) is 3. The van der Waals surface area contributed by atoms with E-state index in [4.69, 9.17) is 5.73 Å². The number of hydrogen-bond donors (Lipinski definition) is 2. The van der Waals surface area contributed by atoms with Gasteiger partial charge >= 0.3 is 0 Å². The number of aryl methyl sites for hydroxylation is 2. The third kappa shape index (κ3) is 5.03. The van der Waals surface area contributed by atoms with Crippen LogP contribution >= 0.6 is 24.8 Å². The Morgan fingerprint density at radius 1 is 1.36 bits per heavy atom. The first-order chi connectivity index (χ1) is 11.0. The van der Waals surface area contributed by atoms with Crippen molar-refractivity contribution < 1.29 is 4.79 Å². The van der Waals surface area contributed by atoms with Crippen molar-refractivity contribution in [2.45, 2.75) is 25.8 Å². The lowest BCUT2D eigenvalue weighted by molar-refractivity contribution is 0.0932. The molecule has 0 radical (unpaired) electrons. The quantitative estimate of drug-likeness (QED) is 0.795. The minimum Gasteiger partial charge on any atom is -0.399 e. The van der Waals surface area contributed by atoms with Crippen LogP contribution in [-0.4, -0.2) is 34.8 Å². The maximum absolute atomic E-state index is 12.5. The second kappa shape index (κ2) is 8.97. The van der Waals surface area contributed by atoms with Crippen LogP contribution in [0.15, 0.2) is 30.6 Å². The molecule has 1 aliphatic heterocycles. The summed E-state index contributed by atoms with van der Waals surface area (Å²) in [6.45, 7) is 3.73. The van der Waals surface area contributed by atoms with E-state index in [1.54, 1.807) is 10.7 Å². The maximum Gasteiger partial charge on any atom is 0.251 e. The first kappa shape index (κ1) is 21.1. The number of nitrogen functional groups attached to an aromatic ring is 1. The molecule has 1 amide bonds. The van der Waals surface area contributed by atoms with Crippen LogP contribution in [0, 0.1) is 6.92 Å². The zero-order chi connectivity index (χ0) is 16.4. The van der Waals surface area contributed by atoms with Crippen molar-refractivity contribution in [1.29, 1.82) is 0 Å². The Morgan fingerprint density at radius 2 is 2.12 bits per heavy atom. The number of hydrogen-bond acceptors (Lipinski definition) is 4. The van der Waals surface area contributed by atoms with Gasteiger partial charge in [-0.2, -0.15) is 5.10 Å². The summed E-state index contributed by atoms with van der Waals surface area (Å²) in [6.07, 6.45) is 5.91. The Hall–Kier alpha value is -1.92. The highest BCUT2D eigenvalue weighted by Gasteiger charge is 2.23. The van der Waals surface area contributed by atoms with E-state index in [0.29, 0.717) is 11.3 Å². The highest BCUT2D eigenvalue weighted by atomic mass is 35.5. The molecule has 8 heteroatoms. The van der Waals surface area contributed by atoms with E-state index in [1.807, 2.05) is 38.5 Å². The molecule has 0 bridgehead atoms. The van der Waals surface area contributed by atoms with E-state index < -0.39 is 0 Å². The third-order valence-corrected chi connectivity index (χ3v) is 4.32. The molecule has 1 saturated heterocycles. The standard InChI is InChI=1S/C17H23N5O.2ClH/c1-12-5-6-13(18)8-16(12)17(23)20-14-4-3-7-22(10-14)15-9-19-21(2)11-15;;/h5-6,8-9,11,14H,3-4,7,10,18H2,1-2H3,(H,20,23);2*1H. The first-order valence-electron chi connectivity index (χ1n) is 7.93. The molecule has 1 aliphatic rings.